The van der Waals surface area contributed by atoms with E-state index in [4.69, 9.17) is 5.26 Å². The molecule has 2 aromatic carbocycles. The zero-order valence-electron chi connectivity index (χ0n) is 11.6. The summed E-state index contributed by atoms with van der Waals surface area (Å²) in [7, 11) is 1.72. The van der Waals surface area contributed by atoms with E-state index in [1.54, 1.807) is 11.9 Å². The summed E-state index contributed by atoms with van der Waals surface area (Å²) in [6.07, 6.45) is -4.45. The van der Waals surface area contributed by atoms with Crippen molar-refractivity contribution in [2.45, 2.75) is 13.1 Å². The highest BCUT2D eigenvalue weighted by Gasteiger charge is 2.31. The van der Waals surface area contributed by atoms with Gasteiger partial charge in [0.05, 0.1) is 16.8 Å². The van der Waals surface area contributed by atoms with E-state index in [2.05, 4.69) is 0 Å². The Hall–Kier alpha value is -2.48. The fraction of sp³-hybridized carbons (Fsp3) is 0.188. The number of nitriles is 1. The van der Waals surface area contributed by atoms with Crippen LogP contribution in [0.2, 0.25) is 0 Å². The van der Waals surface area contributed by atoms with Crippen molar-refractivity contribution in [3.8, 4) is 6.07 Å². The molecule has 0 saturated carbocycles. The second-order valence-electron chi connectivity index (χ2n) is 4.74. The van der Waals surface area contributed by atoms with Gasteiger partial charge in [0, 0.05) is 12.7 Å². The number of halogens is 3. The summed E-state index contributed by atoms with van der Waals surface area (Å²) in [5, 5.41) is 9.10. The average molecular weight is 290 g/mol. The number of rotatable bonds is 2. The first-order chi connectivity index (χ1) is 9.82. The number of aryl methyl sites for hydroxylation is 1. The minimum Gasteiger partial charge on any atom is -0.344 e. The molecule has 0 aliphatic rings. The summed E-state index contributed by atoms with van der Waals surface area (Å²) in [6, 6.07) is 12.5. The molecule has 2 nitrogen and oxygen atoms in total. The zero-order chi connectivity index (χ0) is 15.6. The third kappa shape index (κ3) is 3.16. The summed E-state index contributed by atoms with van der Waals surface area (Å²) in [4.78, 5) is 1.69. The van der Waals surface area contributed by atoms with E-state index in [1.807, 2.05) is 37.3 Å². The van der Waals surface area contributed by atoms with E-state index < -0.39 is 11.7 Å². The third-order valence-corrected chi connectivity index (χ3v) is 3.23. The van der Waals surface area contributed by atoms with Crippen LogP contribution in [0.25, 0.3) is 0 Å². The van der Waals surface area contributed by atoms with Crippen LogP contribution in [-0.4, -0.2) is 7.05 Å². The highest BCUT2D eigenvalue weighted by atomic mass is 19.4. The van der Waals surface area contributed by atoms with E-state index in [0.717, 1.165) is 23.4 Å². The van der Waals surface area contributed by atoms with E-state index in [-0.39, 0.29) is 5.56 Å². The van der Waals surface area contributed by atoms with Crippen LogP contribution < -0.4 is 4.90 Å². The van der Waals surface area contributed by atoms with Gasteiger partial charge in [-0.05, 0) is 37.3 Å². The lowest BCUT2D eigenvalue weighted by Gasteiger charge is -2.21. The van der Waals surface area contributed by atoms with Crippen molar-refractivity contribution < 1.29 is 13.2 Å². The predicted molar refractivity (Wildman–Crippen MR) is 75.4 cm³/mol. The maximum absolute atomic E-state index is 12.7. The fourth-order valence-electron chi connectivity index (χ4n) is 2.00. The lowest BCUT2D eigenvalue weighted by Crippen LogP contribution is -2.12. The minimum absolute atomic E-state index is 0.00657. The molecule has 0 saturated heterocycles. The maximum atomic E-state index is 12.7. The molecule has 0 aromatic heterocycles. The van der Waals surface area contributed by atoms with Gasteiger partial charge >= 0.3 is 6.18 Å². The minimum atomic E-state index is -4.45. The van der Waals surface area contributed by atoms with Gasteiger partial charge in [-0.15, -0.1) is 0 Å². The monoisotopic (exact) mass is 290 g/mol. The lowest BCUT2D eigenvalue weighted by atomic mass is 10.1. The molecule has 0 unspecified atom stereocenters. The largest absolute Gasteiger partial charge is 0.416 e. The van der Waals surface area contributed by atoms with Crippen LogP contribution in [0.4, 0.5) is 24.5 Å². The van der Waals surface area contributed by atoms with Gasteiger partial charge in [-0.3, -0.25) is 0 Å². The van der Waals surface area contributed by atoms with E-state index in [1.165, 1.54) is 6.07 Å². The second kappa shape index (κ2) is 5.49. The molecular formula is C16H13F3N2. The summed E-state index contributed by atoms with van der Waals surface area (Å²) < 4.78 is 38.0. The predicted octanol–water partition coefficient (Wildman–Crippen LogP) is 4.65. The zero-order valence-corrected chi connectivity index (χ0v) is 11.6. The number of anilines is 2. The molecule has 0 atom stereocenters. The van der Waals surface area contributed by atoms with Gasteiger partial charge in [0.2, 0.25) is 0 Å². The first-order valence-corrected chi connectivity index (χ1v) is 6.24. The maximum Gasteiger partial charge on any atom is 0.416 e. The van der Waals surface area contributed by atoms with Crippen LogP contribution in [0, 0.1) is 18.3 Å². The van der Waals surface area contributed by atoms with Gasteiger partial charge in [-0.2, -0.15) is 18.4 Å². The van der Waals surface area contributed by atoms with E-state index in [9.17, 15) is 13.2 Å². The first kappa shape index (κ1) is 14.9. The Balaban J connectivity index is 2.44. The Labute approximate surface area is 121 Å². The molecule has 0 aliphatic carbocycles. The van der Waals surface area contributed by atoms with Gasteiger partial charge in [0.1, 0.15) is 6.07 Å². The van der Waals surface area contributed by atoms with Crippen molar-refractivity contribution in [1.82, 2.24) is 0 Å². The Morgan fingerprint density at radius 3 is 2.19 bits per heavy atom. The normalized spacial score (nSPS) is 11.0. The van der Waals surface area contributed by atoms with Crippen molar-refractivity contribution in [2.24, 2.45) is 0 Å². The number of hydrogen-bond donors (Lipinski definition) is 0. The van der Waals surface area contributed by atoms with Gasteiger partial charge in [-0.1, -0.05) is 17.7 Å². The molecule has 0 fully saturated rings. The molecular weight excluding hydrogens is 277 g/mol. The highest BCUT2D eigenvalue weighted by Crippen LogP contribution is 2.34. The lowest BCUT2D eigenvalue weighted by molar-refractivity contribution is -0.137. The van der Waals surface area contributed by atoms with Crippen LogP contribution in [0.5, 0.6) is 0 Å². The van der Waals surface area contributed by atoms with Crippen LogP contribution in [0.3, 0.4) is 0 Å². The van der Waals surface area contributed by atoms with Crippen LogP contribution in [-0.2, 0) is 6.18 Å². The standard InChI is InChI=1S/C16H13F3N2/c1-11-3-6-14(7-4-11)21(2)15-8-5-13(16(17,18)19)9-12(15)10-20/h3-9H,1-2H3. The molecule has 0 aliphatic heterocycles. The van der Waals surface area contributed by atoms with Crippen LogP contribution in [0.1, 0.15) is 16.7 Å². The topological polar surface area (TPSA) is 27.0 Å². The van der Waals surface area contributed by atoms with Crippen molar-refractivity contribution in [3.05, 3.63) is 59.2 Å². The molecule has 0 amide bonds. The van der Waals surface area contributed by atoms with Gasteiger partial charge in [-0.25, -0.2) is 0 Å². The molecule has 0 N–H and O–H groups in total. The molecule has 0 heterocycles. The Morgan fingerprint density at radius 1 is 1.05 bits per heavy atom. The quantitative estimate of drug-likeness (QED) is 0.804. The summed E-state index contributed by atoms with van der Waals surface area (Å²) in [6.45, 7) is 1.95. The molecule has 21 heavy (non-hydrogen) atoms. The fourth-order valence-corrected chi connectivity index (χ4v) is 2.00. The van der Waals surface area contributed by atoms with Crippen LogP contribution >= 0.6 is 0 Å². The van der Waals surface area contributed by atoms with Crippen molar-refractivity contribution in [2.75, 3.05) is 11.9 Å². The molecule has 0 radical (unpaired) electrons. The Bertz CT molecular complexity index is 682. The first-order valence-electron chi connectivity index (χ1n) is 6.24. The van der Waals surface area contributed by atoms with Gasteiger partial charge in [0.15, 0.2) is 0 Å². The number of hydrogen-bond acceptors (Lipinski definition) is 2. The van der Waals surface area contributed by atoms with Gasteiger partial charge in [0.25, 0.3) is 0 Å². The Kier molecular flexibility index (Phi) is 3.90. The average Bonchev–Trinajstić information content (AvgIpc) is 2.45. The summed E-state index contributed by atoms with van der Waals surface area (Å²) >= 11 is 0. The summed E-state index contributed by atoms with van der Waals surface area (Å²) in [5.74, 6) is 0. The summed E-state index contributed by atoms with van der Waals surface area (Å²) in [5.41, 5.74) is 1.50. The molecule has 5 heteroatoms. The van der Waals surface area contributed by atoms with Crippen molar-refractivity contribution in [3.63, 3.8) is 0 Å². The molecule has 2 rings (SSSR count). The molecule has 0 spiro atoms. The Morgan fingerprint density at radius 2 is 1.67 bits per heavy atom. The molecule has 2 aromatic rings. The number of nitrogens with zero attached hydrogens (tertiary/aromatic N) is 2. The smallest absolute Gasteiger partial charge is 0.344 e. The molecule has 0 bridgehead atoms. The van der Waals surface area contributed by atoms with Crippen LogP contribution in [0.15, 0.2) is 42.5 Å². The van der Waals surface area contributed by atoms with Crippen molar-refractivity contribution in [1.29, 1.82) is 5.26 Å². The third-order valence-electron chi connectivity index (χ3n) is 3.23. The highest BCUT2D eigenvalue weighted by molar-refractivity contribution is 5.69. The van der Waals surface area contributed by atoms with Crippen molar-refractivity contribution >= 4 is 11.4 Å². The SMILES string of the molecule is Cc1ccc(N(C)c2ccc(C(F)(F)F)cc2C#N)cc1. The van der Waals surface area contributed by atoms with E-state index in [0.29, 0.717) is 5.69 Å². The van der Waals surface area contributed by atoms with Gasteiger partial charge < -0.3 is 4.90 Å². The second-order valence-corrected chi connectivity index (χ2v) is 4.74. The number of alkyl halides is 3. The van der Waals surface area contributed by atoms with E-state index >= 15 is 0 Å². The number of benzene rings is 2. The molecule has 108 valence electrons.